The van der Waals surface area contributed by atoms with Gasteiger partial charge in [0.25, 0.3) is 0 Å². The average Bonchev–Trinajstić information content (AvgIpc) is 2.49. The van der Waals surface area contributed by atoms with Crippen LogP contribution in [-0.4, -0.2) is 12.2 Å². The summed E-state index contributed by atoms with van der Waals surface area (Å²) in [4.78, 5) is 0. The molecule has 2 fully saturated rings. The molecule has 0 bridgehead atoms. The summed E-state index contributed by atoms with van der Waals surface area (Å²) in [6.07, 6.45) is 8.71. The van der Waals surface area contributed by atoms with Gasteiger partial charge in [-0.3, -0.25) is 11.3 Å². The minimum absolute atomic E-state index is 0.139. The number of ether oxygens (including phenoxy) is 1. The largest absolute Gasteiger partial charge is 0.375 e. The quantitative estimate of drug-likeness (QED) is 0.659. The Hall–Kier alpha value is -0.900. The SMILES string of the molecule is Cc1cccc(C(NN)C2CCOC3(CCCCC3)C2)c1. The van der Waals surface area contributed by atoms with Crippen molar-refractivity contribution >= 4 is 0 Å². The molecule has 1 heterocycles. The maximum absolute atomic E-state index is 6.22. The second-order valence-electron chi connectivity index (χ2n) is 6.90. The van der Waals surface area contributed by atoms with Gasteiger partial charge in [-0.25, -0.2) is 0 Å². The van der Waals surface area contributed by atoms with Gasteiger partial charge in [0, 0.05) is 12.6 Å². The van der Waals surface area contributed by atoms with Gasteiger partial charge in [0.05, 0.1) is 5.60 Å². The summed E-state index contributed by atoms with van der Waals surface area (Å²) in [7, 11) is 0. The summed E-state index contributed by atoms with van der Waals surface area (Å²) in [5.41, 5.74) is 5.83. The molecule has 1 spiro atoms. The number of aryl methyl sites for hydroxylation is 1. The second-order valence-corrected chi connectivity index (χ2v) is 6.90. The van der Waals surface area contributed by atoms with Gasteiger partial charge in [-0.05, 0) is 44.1 Å². The molecule has 1 aromatic carbocycles. The van der Waals surface area contributed by atoms with Crippen LogP contribution in [0.15, 0.2) is 24.3 Å². The van der Waals surface area contributed by atoms with Crippen LogP contribution in [0.2, 0.25) is 0 Å². The van der Waals surface area contributed by atoms with Crippen molar-refractivity contribution in [2.24, 2.45) is 11.8 Å². The van der Waals surface area contributed by atoms with Gasteiger partial charge >= 0.3 is 0 Å². The van der Waals surface area contributed by atoms with Gasteiger partial charge in [0.1, 0.15) is 0 Å². The Morgan fingerprint density at radius 1 is 1.29 bits per heavy atom. The molecule has 2 atom stereocenters. The van der Waals surface area contributed by atoms with Crippen molar-refractivity contribution in [3.63, 3.8) is 0 Å². The van der Waals surface area contributed by atoms with Crippen LogP contribution in [-0.2, 0) is 4.74 Å². The van der Waals surface area contributed by atoms with Crippen LogP contribution in [0.3, 0.4) is 0 Å². The van der Waals surface area contributed by atoms with Crippen molar-refractivity contribution in [1.82, 2.24) is 5.43 Å². The molecule has 2 aliphatic rings. The van der Waals surface area contributed by atoms with E-state index in [1.165, 1.54) is 43.2 Å². The number of rotatable bonds is 3. The lowest BCUT2D eigenvalue weighted by Gasteiger charge is -2.45. The first-order chi connectivity index (χ1) is 10.2. The Kier molecular flexibility index (Phi) is 4.63. The molecule has 3 heteroatoms. The molecule has 3 N–H and O–H groups in total. The van der Waals surface area contributed by atoms with Gasteiger partial charge in [-0.1, -0.05) is 49.1 Å². The third kappa shape index (κ3) is 3.31. The highest BCUT2D eigenvalue weighted by Crippen LogP contribution is 2.44. The van der Waals surface area contributed by atoms with Gasteiger partial charge in [-0.15, -0.1) is 0 Å². The molecule has 1 saturated heterocycles. The van der Waals surface area contributed by atoms with E-state index in [0.717, 1.165) is 19.4 Å². The Bertz CT molecular complexity index is 463. The fourth-order valence-corrected chi connectivity index (χ4v) is 4.26. The highest BCUT2D eigenvalue weighted by molar-refractivity contribution is 5.25. The summed E-state index contributed by atoms with van der Waals surface area (Å²) in [5, 5.41) is 0. The molecule has 3 nitrogen and oxygen atoms in total. The fraction of sp³-hybridized carbons (Fsp3) is 0.667. The fourth-order valence-electron chi connectivity index (χ4n) is 4.26. The van der Waals surface area contributed by atoms with Crippen molar-refractivity contribution in [1.29, 1.82) is 0 Å². The molecule has 116 valence electrons. The maximum Gasteiger partial charge on any atom is 0.0686 e. The highest BCUT2D eigenvalue weighted by Gasteiger charge is 2.40. The number of benzene rings is 1. The van der Waals surface area contributed by atoms with E-state index in [2.05, 4.69) is 36.6 Å². The molecule has 1 aromatic rings. The molecule has 0 amide bonds. The lowest BCUT2D eigenvalue weighted by Crippen LogP contribution is -2.45. The minimum atomic E-state index is 0.139. The maximum atomic E-state index is 6.22. The van der Waals surface area contributed by atoms with E-state index in [-0.39, 0.29) is 11.6 Å². The smallest absolute Gasteiger partial charge is 0.0686 e. The molecule has 0 aromatic heterocycles. The second kappa shape index (κ2) is 6.47. The van der Waals surface area contributed by atoms with Gasteiger partial charge in [0.15, 0.2) is 0 Å². The molecule has 1 aliphatic carbocycles. The minimum Gasteiger partial charge on any atom is -0.375 e. The number of nitrogens with two attached hydrogens (primary N) is 1. The molecular formula is C18H28N2O. The Balaban J connectivity index is 1.77. The summed E-state index contributed by atoms with van der Waals surface area (Å²) in [6.45, 7) is 3.03. The summed E-state index contributed by atoms with van der Waals surface area (Å²) >= 11 is 0. The molecule has 1 saturated carbocycles. The summed E-state index contributed by atoms with van der Waals surface area (Å²) in [5.74, 6) is 6.49. The van der Waals surface area contributed by atoms with Gasteiger partial charge in [-0.2, -0.15) is 0 Å². The predicted octanol–water partition coefficient (Wildman–Crippen LogP) is 3.63. The van der Waals surface area contributed by atoms with E-state index in [1.807, 2.05) is 0 Å². The lowest BCUT2D eigenvalue weighted by atomic mass is 9.73. The van der Waals surface area contributed by atoms with E-state index < -0.39 is 0 Å². The highest BCUT2D eigenvalue weighted by atomic mass is 16.5. The van der Waals surface area contributed by atoms with Crippen LogP contribution in [0.25, 0.3) is 0 Å². The van der Waals surface area contributed by atoms with Crippen molar-refractivity contribution in [2.75, 3.05) is 6.61 Å². The normalized spacial score (nSPS) is 26.7. The van der Waals surface area contributed by atoms with Crippen LogP contribution in [0, 0.1) is 12.8 Å². The number of nitrogens with one attached hydrogen (secondary N) is 1. The summed E-state index contributed by atoms with van der Waals surface area (Å²) < 4.78 is 6.22. The predicted molar refractivity (Wildman–Crippen MR) is 85.7 cm³/mol. The number of hydrogen-bond donors (Lipinski definition) is 2. The Morgan fingerprint density at radius 3 is 2.81 bits per heavy atom. The van der Waals surface area contributed by atoms with E-state index in [9.17, 15) is 0 Å². The van der Waals surface area contributed by atoms with Gasteiger partial charge in [0.2, 0.25) is 0 Å². The lowest BCUT2D eigenvalue weighted by molar-refractivity contribution is -0.122. The van der Waals surface area contributed by atoms with E-state index in [1.54, 1.807) is 0 Å². The van der Waals surface area contributed by atoms with Crippen LogP contribution >= 0.6 is 0 Å². The molecule has 3 rings (SSSR count). The van der Waals surface area contributed by atoms with Gasteiger partial charge < -0.3 is 4.74 Å². The molecule has 21 heavy (non-hydrogen) atoms. The zero-order chi connectivity index (χ0) is 14.7. The first kappa shape index (κ1) is 15.0. The number of hydrogen-bond acceptors (Lipinski definition) is 3. The van der Waals surface area contributed by atoms with Crippen molar-refractivity contribution in [3.05, 3.63) is 35.4 Å². The summed E-state index contributed by atoms with van der Waals surface area (Å²) in [6, 6.07) is 8.97. The molecule has 1 aliphatic heterocycles. The average molecular weight is 288 g/mol. The molecular weight excluding hydrogens is 260 g/mol. The first-order valence-electron chi connectivity index (χ1n) is 8.39. The monoisotopic (exact) mass is 288 g/mol. The Morgan fingerprint density at radius 2 is 2.10 bits per heavy atom. The van der Waals surface area contributed by atoms with Crippen molar-refractivity contribution < 1.29 is 4.74 Å². The van der Waals surface area contributed by atoms with E-state index >= 15 is 0 Å². The first-order valence-corrected chi connectivity index (χ1v) is 8.39. The van der Waals surface area contributed by atoms with E-state index in [0.29, 0.717) is 5.92 Å². The molecule has 0 radical (unpaired) electrons. The topological polar surface area (TPSA) is 47.3 Å². The van der Waals surface area contributed by atoms with Crippen LogP contribution in [0.1, 0.15) is 62.1 Å². The zero-order valence-corrected chi connectivity index (χ0v) is 13.1. The zero-order valence-electron chi connectivity index (χ0n) is 13.1. The van der Waals surface area contributed by atoms with Crippen LogP contribution in [0.5, 0.6) is 0 Å². The third-order valence-corrected chi connectivity index (χ3v) is 5.35. The molecule has 2 unspecified atom stereocenters. The van der Waals surface area contributed by atoms with E-state index in [4.69, 9.17) is 10.6 Å². The van der Waals surface area contributed by atoms with Crippen molar-refractivity contribution in [2.45, 2.75) is 63.5 Å². The standard InChI is InChI=1S/C18H28N2O/c1-14-6-5-7-15(12-14)17(20-19)16-8-11-21-18(13-16)9-3-2-4-10-18/h5-7,12,16-17,20H,2-4,8-11,13,19H2,1H3. The van der Waals surface area contributed by atoms with Crippen LogP contribution in [0.4, 0.5) is 0 Å². The third-order valence-electron chi connectivity index (χ3n) is 5.35. The van der Waals surface area contributed by atoms with Crippen LogP contribution < -0.4 is 11.3 Å². The Labute approximate surface area is 128 Å². The van der Waals surface area contributed by atoms with Crippen molar-refractivity contribution in [3.8, 4) is 0 Å². The number of hydrazine groups is 1.